The van der Waals surface area contributed by atoms with Crippen LogP contribution in [0.1, 0.15) is 5.56 Å². The molecule has 1 aromatic heterocycles. The first-order valence-electron chi connectivity index (χ1n) is 7.60. The second-order valence-electron chi connectivity index (χ2n) is 5.66. The van der Waals surface area contributed by atoms with Gasteiger partial charge in [-0.15, -0.1) is 0 Å². The van der Waals surface area contributed by atoms with Gasteiger partial charge in [-0.1, -0.05) is 47.5 Å². The molecule has 2 aromatic carbocycles. The van der Waals surface area contributed by atoms with Crippen LogP contribution in [-0.4, -0.2) is 10.7 Å². The van der Waals surface area contributed by atoms with E-state index in [-0.39, 0.29) is 0 Å². The number of ether oxygens (including phenoxy) is 1. The number of hydrogen-bond donors (Lipinski definition) is 1. The first-order chi connectivity index (χ1) is 11.9. The molecule has 3 rings (SSSR count). The van der Waals surface area contributed by atoms with Crippen LogP contribution in [0.15, 0.2) is 54.9 Å². The third-order valence-electron chi connectivity index (χ3n) is 3.70. The quantitative estimate of drug-likeness (QED) is 0.618. The maximum absolute atomic E-state index is 12.3. The van der Waals surface area contributed by atoms with E-state index >= 15 is 0 Å². The molecule has 0 radical (unpaired) electrons. The number of para-hydroxylation sites is 1. The molecule has 0 atom stereocenters. The Labute approximate surface area is 155 Å². The molecule has 128 valence electrons. The lowest BCUT2D eigenvalue weighted by atomic mass is 10.0. The Balaban J connectivity index is 1.84. The normalized spacial score (nSPS) is 10.6. The van der Waals surface area contributed by atoms with Crippen molar-refractivity contribution in [2.45, 2.75) is 6.92 Å². The summed E-state index contributed by atoms with van der Waals surface area (Å²) in [6, 6.07) is 12.8. The molecule has 0 unspecified atom stereocenters. The summed E-state index contributed by atoms with van der Waals surface area (Å²) in [7, 11) is 1.87. The fraction of sp³-hybridized carbons (Fsp3) is 0.105. The monoisotopic (exact) mass is 374 g/mol. The van der Waals surface area contributed by atoms with Crippen molar-refractivity contribution in [2.75, 3.05) is 5.32 Å². The van der Waals surface area contributed by atoms with E-state index in [2.05, 4.69) is 5.32 Å². The van der Waals surface area contributed by atoms with Crippen molar-refractivity contribution in [3.05, 3.63) is 70.5 Å². The zero-order valence-electron chi connectivity index (χ0n) is 13.7. The van der Waals surface area contributed by atoms with Crippen LogP contribution >= 0.6 is 23.2 Å². The van der Waals surface area contributed by atoms with Crippen molar-refractivity contribution < 1.29 is 9.53 Å². The third kappa shape index (κ3) is 3.98. The van der Waals surface area contributed by atoms with E-state index < -0.39 is 6.09 Å². The zero-order chi connectivity index (χ0) is 18.0. The molecular weight excluding hydrogens is 359 g/mol. The number of benzene rings is 2. The standard InChI is InChI=1S/C19H16Cl2N2O2/c1-12-10-23(2)11-18(12)25-19(24)22-17-6-4-3-5-14(17)13-7-8-15(20)16(21)9-13/h3-11H,1-2H3,(H,22,24). The number of nitrogens with zero attached hydrogens (tertiary/aromatic N) is 1. The van der Waals surface area contributed by atoms with Gasteiger partial charge in [0, 0.05) is 30.6 Å². The number of hydrogen-bond acceptors (Lipinski definition) is 2. The van der Waals surface area contributed by atoms with Crippen LogP contribution in [0.2, 0.25) is 10.0 Å². The van der Waals surface area contributed by atoms with E-state index in [1.807, 2.05) is 49.0 Å². The van der Waals surface area contributed by atoms with Crippen molar-refractivity contribution in [2.24, 2.45) is 7.05 Å². The number of anilines is 1. The van der Waals surface area contributed by atoms with Gasteiger partial charge < -0.3 is 9.30 Å². The number of nitrogens with one attached hydrogen (secondary N) is 1. The van der Waals surface area contributed by atoms with E-state index in [4.69, 9.17) is 27.9 Å². The summed E-state index contributed by atoms with van der Waals surface area (Å²) < 4.78 is 7.22. The summed E-state index contributed by atoms with van der Waals surface area (Å²) in [5.74, 6) is 0.520. The second kappa shape index (κ2) is 7.21. The fourth-order valence-electron chi connectivity index (χ4n) is 2.54. The van der Waals surface area contributed by atoms with Crippen molar-refractivity contribution in [1.29, 1.82) is 0 Å². The Bertz CT molecular complexity index is 935. The van der Waals surface area contributed by atoms with Crippen LogP contribution in [0.25, 0.3) is 11.1 Å². The molecule has 3 aromatic rings. The van der Waals surface area contributed by atoms with Crippen molar-refractivity contribution in [3.8, 4) is 16.9 Å². The predicted molar refractivity (Wildman–Crippen MR) is 102 cm³/mol. The number of carbonyl (C=O) groups excluding carboxylic acids is 1. The number of rotatable bonds is 3. The molecule has 0 aliphatic carbocycles. The van der Waals surface area contributed by atoms with Crippen LogP contribution in [-0.2, 0) is 7.05 Å². The number of aryl methyl sites for hydroxylation is 2. The largest absolute Gasteiger partial charge is 0.417 e. The molecule has 0 aliphatic rings. The summed E-state index contributed by atoms with van der Waals surface area (Å²) in [4.78, 5) is 12.3. The Kier molecular flexibility index (Phi) is 5.02. The van der Waals surface area contributed by atoms with Crippen molar-refractivity contribution in [3.63, 3.8) is 0 Å². The maximum atomic E-state index is 12.3. The molecule has 0 spiro atoms. The van der Waals surface area contributed by atoms with Crippen LogP contribution < -0.4 is 10.1 Å². The minimum atomic E-state index is -0.554. The lowest BCUT2D eigenvalue weighted by Gasteiger charge is -2.12. The van der Waals surface area contributed by atoms with Crippen LogP contribution in [0.5, 0.6) is 5.75 Å². The molecule has 0 bridgehead atoms. The fourth-order valence-corrected chi connectivity index (χ4v) is 2.84. The number of aromatic nitrogens is 1. The minimum absolute atomic E-state index is 0.455. The van der Waals surface area contributed by atoms with E-state index in [1.54, 1.807) is 24.4 Å². The molecule has 6 heteroatoms. The Morgan fingerprint density at radius 3 is 2.52 bits per heavy atom. The summed E-state index contributed by atoms with van der Waals surface area (Å²) in [5, 5.41) is 3.72. The zero-order valence-corrected chi connectivity index (χ0v) is 15.2. The summed E-state index contributed by atoms with van der Waals surface area (Å²) >= 11 is 12.1. The van der Waals surface area contributed by atoms with E-state index in [0.717, 1.165) is 16.7 Å². The summed E-state index contributed by atoms with van der Waals surface area (Å²) in [6.07, 6.45) is 3.08. The highest BCUT2D eigenvalue weighted by Gasteiger charge is 2.13. The molecule has 1 amide bonds. The molecule has 25 heavy (non-hydrogen) atoms. The number of amides is 1. The van der Waals surface area contributed by atoms with Gasteiger partial charge in [0.1, 0.15) is 0 Å². The third-order valence-corrected chi connectivity index (χ3v) is 4.44. The van der Waals surface area contributed by atoms with Gasteiger partial charge >= 0.3 is 6.09 Å². The van der Waals surface area contributed by atoms with Gasteiger partial charge in [-0.05, 0) is 30.7 Å². The van der Waals surface area contributed by atoms with Gasteiger partial charge in [0.25, 0.3) is 0 Å². The van der Waals surface area contributed by atoms with Crippen LogP contribution in [0, 0.1) is 6.92 Å². The highest BCUT2D eigenvalue weighted by Crippen LogP contribution is 2.32. The molecule has 0 aliphatic heterocycles. The highest BCUT2D eigenvalue weighted by atomic mass is 35.5. The van der Waals surface area contributed by atoms with E-state index in [0.29, 0.717) is 21.5 Å². The average molecular weight is 375 g/mol. The van der Waals surface area contributed by atoms with Gasteiger partial charge in [0.15, 0.2) is 5.75 Å². The van der Waals surface area contributed by atoms with Crippen molar-refractivity contribution in [1.82, 2.24) is 4.57 Å². The molecule has 0 saturated carbocycles. The smallest absolute Gasteiger partial charge is 0.408 e. The van der Waals surface area contributed by atoms with Crippen molar-refractivity contribution >= 4 is 35.0 Å². The van der Waals surface area contributed by atoms with Gasteiger partial charge in [-0.25, -0.2) is 4.79 Å². The second-order valence-corrected chi connectivity index (χ2v) is 6.47. The molecular formula is C19H16Cl2N2O2. The lowest BCUT2D eigenvalue weighted by molar-refractivity contribution is 0.215. The SMILES string of the molecule is Cc1cn(C)cc1OC(=O)Nc1ccccc1-c1ccc(Cl)c(Cl)c1. The lowest BCUT2D eigenvalue weighted by Crippen LogP contribution is -2.17. The molecule has 0 saturated heterocycles. The average Bonchev–Trinajstić information content (AvgIpc) is 2.88. The molecule has 0 fully saturated rings. The van der Waals surface area contributed by atoms with Gasteiger partial charge in [0.05, 0.1) is 15.7 Å². The Morgan fingerprint density at radius 2 is 1.84 bits per heavy atom. The Hall–Kier alpha value is -2.43. The first kappa shape index (κ1) is 17.4. The molecule has 1 N–H and O–H groups in total. The van der Waals surface area contributed by atoms with E-state index in [9.17, 15) is 4.79 Å². The van der Waals surface area contributed by atoms with Crippen LogP contribution in [0.4, 0.5) is 10.5 Å². The summed E-state index contributed by atoms with van der Waals surface area (Å²) in [6.45, 7) is 1.88. The van der Waals surface area contributed by atoms with E-state index in [1.165, 1.54) is 0 Å². The number of carbonyl (C=O) groups is 1. The summed E-state index contributed by atoms with van der Waals surface area (Å²) in [5.41, 5.74) is 3.18. The first-order valence-corrected chi connectivity index (χ1v) is 8.35. The minimum Gasteiger partial charge on any atom is -0.408 e. The predicted octanol–water partition coefficient (Wildman–Crippen LogP) is 5.92. The van der Waals surface area contributed by atoms with Crippen LogP contribution in [0.3, 0.4) is 0 Å². The highest BCUT2D eigenvalue weighted by molar-refractivity contribution is 6.42. The molecule has 1 heterocycles. The van der Waals surface area contributed by atoms with Gasteiger partial charge in [-0.3, -0.25) is 5.32 Å². The maximum Gasteiger partial charge on any atom is 0.417 e. The Morgan fingerprint density at radius 1 is 1.08 bits per heavy atom. The molecule has 4 nitrogen and oxygen atoms in total. The van der Waals surface area contributed by atoms with Gasteiger partial charge in [-0.2, -0.15) is 0 Å². The number of halogens is 2. The van der Waals surface area contributed by atoms with Gasteiger partial charge in [0.2, 0.25) is 0 Å². The topological polar surface area (TPSA) is 43.3 Å².